The summed E-state index contributed by atoms with van der Waals surface area (Å²) in [5.74, 6) is 0.138. The van der Waals surface area contributed by atoms with E-state index in [2.05, 4.69) is 4.98 Å². The summed E-state index contributed by atoms with van der Waals surface area (Å²) in [6.07, 6.45) is 2.61. The Balaban J connectivity index is 0.000000325. The molecule has 0 aliphatic carbocycles. The Morgan fingerprint density at radius 3 is 2.48 bits per heavy atom. The number of pyridine rings is 1. The number of ketones is 1. The number of fused-ring (bicyclic) bond motifs is 1. The summed E-state index contributed by atoms with van der Waals surface area (Å²) in [6.45, 7) is 0. The number of carbonyl (C=O) groups is 1. The van der Waals surface area contributed by atoms with Crippen LogP contribution in [0.1, 0.15) is 11.3 Å². The Hall–Kier alpha value is -2.13. The van der Waals surface area contributed by atoms with E-state index in [-0.39, 0.29) is 22.9 Å². The van der Waals surface area contributed by atoms with Crippen LogP contribution in [0.5, 0.6) is 0 Å². The van der Waals surface area contributed by atoms with Crippen LogP contribution in [0.15, 0.2) is 79.0 Å². The van der Waals surface area contributed by atoms with E-state index in [4.69, 9.17) is 11.6 Å². The van der Waals surface area contributed by atoms with Gasteiger partial charge in [0.25, 0.3) is 0 Å². The van der Waals surface area contributed by atoms with Gasteiger partial charge >= 0.3 is 17.1 Å². The second-order valence-electron chi connectivity index (χ2n) is 5.43. The summed E-state index contributed by atoms with van der Waals surface area (Å²) in [6, 6.07) is 23.4. The number of nitrogens with zero attached hydrogens (tertiary/aromatic N) is 2. The molecule has 0 unspecified atom stereocenters. The molecule has 128 valence electrons. The standard InChI is InChI=1S/C15H12ClN2O.C5H5.Fe/c16-15-13(18-8-4-3-7-14(18)17-15)10-12(19)9-11-5-1-2-6-11;1-2-4-5-3-1;/h1-8H,9-10H2;1-5H;/q2*-1;+2. The molecule has 2 heterocycles. The molecule has 0 fully saturated rings. The van der Waals surface area contributed by atoms with Crippen LogP contribution in [0.2, 0.25) is 5.15 Å². The van der Waals surface area contributed by atoms with Gasteiger partial charge in [-0.1, -0.05) is 17.7 Å². The van der Waals surface area contributed by atoms with Crippen LogP contribution < -0.4 is 0 Å². The van der Waals surface area contributed by atoms with Gasteiger partial charge in [0.05, 0.1) is 5.69 Å². The van der Waals surface area contributed by atoms with Crippen molar-refractivity contribution in [2.24, 2.45) is 0 Å². The fourth-order valence-corrected chi connectivity index (χ4v) is 2.75. The third-order valence-corrected chi connectivity index (χ3v) is 3.94. The fraction of sp³-hybridized carbons (Fsp3) is 0.100. The van der Waals surface area contributed by atoms with Crippen LogP contribution in [0.4, 0.5) is 0 Å². The van der Waals surface area contributed by atoms with Gasteiger partial charge in [-0.15, -0.1) is 0 Å². The van der Waals surface area contributed by atoms with Crippen molar-refractivity contribution in [3.05, 3.63) is 95.4 Å². The van der Waals surface area contributed by atoms with Gasteiger partial charge in [0.2, 0.25) is 0 Å². The Kier molecular flexibility index (Phi) is 7.20. The van der Waals surface area contributed by atoms with Gasteiger partial charge in [-0.25, -0.2) is 29.2 Å². The average molecular weight is 393 g/mol. The largest absolute Gasteiger partial charge is 2.00 e. The summed E-state index contributed by atoms with van der Waals surface area (Å²) in [7, 11) is 0. The van der Waals surface area contributed by atoms with Gasteiger partial charge < -0.3 is 9.20 Å². The Morgan fingerprint density at radius 2 is 1.84 bits per heavy atom. The molecule has 0 aliphatic heterocycles. The van der Waals surface area contributed by atoms with Crippen molar-refractivity contribution in [1.29, 1.82) is 0 Å². The van der Waals surface area contributed by atoms with Gasteiger partial charge in [-0.05, 0) is 18.6 Å². The molecule has 0 bridgehead atoms. The summed E-state index contributed by atoms with van der Waals surface area (Å²) >= 11 is 6.11. The van der Waals surface area contributed by atoms with E-state index in [1.165, 1.54) is 0 Å². The third kappa shape index (κ3) is 5.17. The molecule has 3 nitrogen and oxygen atoms in total. The maximum Gasteiger partial charge on any atom is 2.00 e. The number of halogens is 1. The predicted octanol–water partition coefficient (Wildman–Crippen LogP) is 4.46. The van der Waals surface area contributed by atoms with E-state index in [0.29, 0.717) is 18.0 Å². The molecule has 0 N–H and O–H groups in total. The number of rotatable bonds is 4. The Morgan fingerprint density at radius 1 is 1.12 bits per heavy atom. The zero-order valence-electron chi connectivity index (χ0n) is 13.5. The van der Waals surface area contributed by atoms with E-state index in [0.717, 1.165) is 16.9 Å². The van der Waals surface area contributed by atoms with Crippen molar-refractivity contribution in [1.82, 2.24) is 9.38 Å². The van der Waals surface area contributed by atoms with Crippen molar-refractivity contribution in [3.63, 3.8) is 0 Å². The molecule has 0 aliphatic rings. The third-order valence-electron chi connectivity index (χ3n) is 3.63. The first-order valence-corrected chi connectivity index (χ1v) is 8.12. The molecule has 4 aromatic rings. The van der Waals surface area contributed by atoms with Gasteiger partial charge in [0.1, 0.15) is 11.4 Å². The molecule has 0 saturated carbocycles. The molecule has 0 spiro atoms. The first-order chi connectivity index (χ1) is 11.7. The quantitative estimate of drug-likeness (QED) is 0.379. The monoisotopic (exact) mass is 392 g/mol. The van der Waals surface area contributed by atoms with Gasteiger partial charge in [0.15, 0.2) is 5.15 Å². The predicted molar refractivity (Wildman–Crippen MR) is 96.7 cm³/mol. The summed E-state index contributed by atoms with van der Waals surface area (Å²) < 4.78 is 1.87. The van der Waals surface area contributed by atoms with Crippen molar-refractivity contribution in [2.75, 3.05) is 0 Å². The first kappa shape index (κ1) is 19.2. The molecule has 2 aromatic heterocycles. The maximum atomic E-state index is 12.1. The van der Waals surface area contributed by atoms with Gasteiger partial charge in [0, 0.05) is 12.6 Å². The summed E-state index contributed by atoms with van der Waals surface area (Å²) in [4.78, 5) is 16.3. The number of hydrogen-bond acceptors (Lipinski definition) is 2. The van der Waals surface area contributed by atoms with E-state index in [1.807, 2.05) is 83.4 Å². The van der Waals surface area contributed by atoms with Gasteiger partial charge in [-0.2, -0.15) is 35.9 Å². The summed E-state index contributed by atoms with van der Waals surface area (Å²) in [5, 5.41) is 0.405. The molecule has 2 aromatic carbocycles. The SMILES string of the molecule is O=C(Cc1c(Cl)nc2ccccn12)C[c-]1cccc1.[Fe+2].c1cc[cH-]c1. The van der Waals surface area contributed by atoms with Crippen LogP contribution >= 0.6 is 11.6 Å². The maximum absolute atomic E-state index is 12.1. The number of Topliss-reactive ketones (excluding diaryl/α,β-unsaturated/α-hetero) is 1. The smallest absolute Gasteiger partial charge is 0.302 e. The minimum Gasteiger partial charge on any atom is -0.302 e. The normalized spacial score (nSPS) is 9.96. The van der Waals surface area contributed by atoms with E-state index >= 15 is 0 Å². The van der Waals surface area contributed by atoms with E-state index in [1.54, 1.807) is 0 Å². The zero-order chi connectivity index (χ0) is 16.8. The Bertz CT molecular complexity index is 878. The van der Waals surface area contributed by atoms with Crippen LogP contribution in [-0.2, 0) is 34.7 Å². The molecule has 4 rings (SSSR count). The molecular weight excluding hydrogens is 376 g/mol. The molecule has 5 heteroatoms. The number of imidazole rings is 1. The second-order valence-corrected chi connectivity index (χ2v) is 5.78. The molecule has 0 atom stereocenters. The van der Waals surface area contributed by atoms with E-state index in [9.17, 15) is 4.79 Å². The number of carbonyl (C=O) groups excluding carboxylic acids is 1. The summed E-state index contributed by atoms with van der Waals surface area (Å²) in [5.41, 5.74) is 2.56. The minimum absolute atomic E-state index is 0. The molecule has 0 radical (unpaired) electrons. The fourth-order valence-electron chi connectivity index (χ4n) is 2.51. The van der Waals surface area contributed by atoms with Crippen molar-refractivity contribution < 1.29 is 21.9 Å². The van der Waals surface area contributed by atoms with Crippen LogP contribution in [-0.4, -0.2) is 15.2 Å². The first-order valence-electron chi connectivity index (χ1n) is 7.74. The van der Waals surface area contributed by atoms with Gasteiger partial charge in [-0.3, -0.25) is 0 Å². The average Bonchev–Trinajstić information content (AvgIpc) is 3.32. The zero-order valence-corrected chi connectivity index (χ0v) is 15.3. The topological polar surface area (TPSA) is 34.4 Å². The molecule has 25 heavy (non-hydrogen) atoms. The van der Waals surface area contributed by atoms with Crippen molar-refractivity contribution in [3.8, 4) is 0 Å². The van der Waals surface area contributed by atoms with Crippen molar-refractivity contribution >= 4 is 23.0 Å². The Labute approximate surface area is 162 Å². The molecule has 0 saturated heterocycles. The number of aromatic nitrogens is 2. The van der Waals surface area contributed by atoms with Crippen LogP contribution in [0, 0.1) is 0 Å². The molecule has 0 amide bonds. The van der Waals surface area contributed by atoms with Crippen molar-refractivity contribution in [2.45, 2.75) is 12.8 Å². The minimum atomic E-state index is 0. The second kappa shape index (κ2) is 9.38. The van der Waals surface area contributed by atoms with Crippen LogP contribution in [0.25, 0.3) is 5.65 Å². The van der Waals surface area contributed by atoms with Crippen LogP contribution in [0.3, 0.4) is 0 Å². The number of hydrogen-bond donors (Lipinski definition) is 0. The van der Waals surface area contributed by atoms with E-state index < -0.39 is 0 Å². The molecular formula is C20H17ClFeN2O.